The molecule has 1 amide bonds. The molecular weight excluding hydrogens is 356 g/mol. The number of benzene rings is 2. The summed E-state index contributed by atoms with van der Waals surface area (Å²) in [6.45, 7) is 0. The Balaban J connectivity index is 1.69. The van der Waals surface area contributed by atoms with E-state index in [4.69, 9.17) is 4.74 Å². The largest absolute Gasteiger partial charge is 0.497 e. The van der Waals surface area contributed by atoms with Gasteiger partial charge in [0, 0.05) is 31.8 Å². The van der Waals surface area contributed by atoms with Crippen LogP contribution in [0.5, 0.6) is 5.75 Å². The molecule has 0 aliphatic rings. The van der Waals surface area contributed by atoms with Crippen LogP contribution >= 0.6 is 0 Å². The van der Waals surface area contributed by atoms with Gasteiger partial charge in [0.1, 0.15) is 11.4 Å². The van der Waals surface area contributed by atoms with Gasteiger partial charge in [-0.15, -0.1) is 0 Å². The summed E-state index contributed by atoms with van der Waals surface area (Å²) < 4.78 is 5.13. The number of ether oxygens (including phenoxy) is 1. The number of H-pyrrole nitrogens is 2. The van der Waals surface area contributed by atoms with Gasteiger partial charge in [0.15, 0.2) is 0 Å². The fourth-order valence-electron chi connectivity index (χ4n) is 2.87. The predicted octanol–water partition coefficient (Wildman–Crippen LogP) is 3.02. The summed E-state index contributed by atoms with van der Waals surface area (Å²) in [4.78, 5) is 26.5. The van der Waals surface area contributed by atoms with E-state index in [1.807, 2.05) is 67.5 Å². The molecule has 0 fully saturated rings. The average molecular weight is 380 g/mol. The third-order valence-corrected chi connectivity index (χ3v) is 4.51. The Labute approximate surface area is 163 Å². The summed E-state index contributed by atoms with van der Waals surface area (Å²) in [7, 11) is 5.53. The van der Waals surface area contributed by atoms with Crippen LogP contribution in [0.4, 0.5) is 11.4 Å². The van der Waals surface area contributed by atoms with Gasteiger partial charge >= 0.3 is 0 Å². The minimum absolute atomic E-state index is 0.216. The quantitative estimate of drug-likeness (QED) is 0.588. The van der Waals surface area contributed by atoms with E-state index < -0.39 is 0 Å². The Kier molecular flexibility index (Phi) is 5.84. The van der Waals surface area contributed by atoms with Crippen molar-refractivity contribution in [2.75, 3.05) is 31.4 Å². The molecule has 7 heteroatoms. The number of carbonyl (C=O) groups excluding carboxylic acids is 1. The molecule has 0 aliphatic heterocycles. The zero-order chi connectivity index (χ0) is 20.1. The van der Waals surface area contributed by atoms with E-state index >= 15 is 0 Å². The van der Waals surface area contributed by atoms with Crippen molar-refractivity contribution in [3.63, 3.8) is 0 Å². The molecule has 28 heavy (non-hydrogen) atoms. The van der Waals surface area contributed by atoms with Crippen molar-refractivity contribution in [3.05, 3.63) is 64.4 Å². The van der Waals surface area contributed by atoms with Gasteiger partial charge in [-0.05, 0) is 36.2 Å². The third kappa shape index (κ3) is 4.43. The lowest BCUT2D eigenvalue weighted by Crippen LogP contribution is -2.17. The second kappa shape index (κ2) is 8.47. The van der Waals surface area contributed by atoms with Crippen LogP contribution in [0.15, 0.2) is 53.3 Å². The van der Waals surface area contributed by atoms with Gasteiger partial charge < -0.3 is 15.0 Å². The molecule has 1 heterocycles. The van der Waals surface area contributed by atoms with Gasteiger partial charge in [-0.2, -0.15) is 0 Å². The first-order valence-electron chi connectivity index (χ1n) is 8.99. The minimum Gasteiger partial charge on any atom is -0.497 e. The molecule has 0 radical (unpaired) electrons. The average Bonchev–Trinajstić information content (AvgIpc) is 3.07. The maximum atomic E-state index is 12.4. The Bertz CT molecular complexity index is 986. The van der Waals surface area contributed by atoms with E-state index in [0.717, 1.165) is 22.6 Å². The van der Waals surface area contributed by atoms with Crippen LogP contribution in [-0.4, -0.2) is 37.3 Å². The van der Waals surface area contributed by atoms with Crippen LogP contribution < -0.4 is 20.5 Å². The van der Waals surface area contributed by atoms with Crippen LogP contribution in [0.3, 0.4) is 0 Å². The number of methoxy groups -OCH3 is 1. The van der Waals surface area contributed by atoms with Crippen molar-refractivity contribution in [1.29, 1.82) is 0 Å². The molecule has 0 atom stereocenters. The van der Waals surface area contributed by atoms with Crippen molar-refractivity contribution in [2.45, 2.75) is 12.8 Å². The number of nitrogens with one attached hydrogen (secondary N) is 3. The van der Waals surface area contributed by atoms with Gasteiger partial charge in [0.25, 0.3) is 5.56 Å². The number of rotatable bonds is 7. The molecule has 3 rings (SSSR count). The zero-order valence-electron chi connectivity index (χ0n) is 16.2. The second-order valence-corrected chi connectivity index (χ2v) is 6.67. The highest BCUT2D eigenvalue weighted by Gasteiger charge is 2.15. The number of nitrogens with zero attached hydrogens (tertiary/aromatic N) is 1. The van der Waals surface area contributed by atoms with Gasteiger partial charge in [0.2, 0.25) is 5.91 Å². The van der Waals surface area contributed by atoms with Gasteiger partial charge in [-0.1, -0.05) is 24.3 Å². The molecule has 2 aromatic carbocycles. The van der Waals surface area contributed by atoms with Crippen LogP contribution in [0, 0.1) is 0 Å². The van der Waals surface area contributed by atoms with Crippen LogP contribution in [0.2, 0.25) is 0 Å². The van der Waals surface area contributed by atoms with Crippen LogP contribution in [0.25, 0.3) is 11.3 Å². The Hall–Kier alpha value is -3.48. The van der Waals surface area contributed by atoms with Crippen molar-refractivity contribution in [1.82, 2.24) is 10.2 Å². The maximum Gasteiger partial charge on any atom is 0.288 e. The Morgan fingerprint density at radius 1 is 1.04 bits per heavy atom. The normalized spacial score (nSPS) is 10.5. The van der Waals surface area contributed by atoms with E-state index in [2.05, 4.69) is 15.5 Å². The first-order valence-corrected chi connectivity index (χ1v) is 8.99. The first-order chi connectivity index (χ1) is 13.5. The summed E-state index contributed by atoms with van der Waals surface area (Å²) >= 11 is 0. The highest BCUT2D eigenvalue weighted by molar-refractivity contribution is 5.94. The highest BCUT2D eigenvalue weighted by atomic mass is 16.5. The lowest BCUT2D eigenvalue weighted by Gasteiger charge is -2.12. The van der Waals surface area contributed by atoms with E-state index in [-0.39, 0.29) is 23.6 Å². The van der Waals surface area contributed by atoms with Gasteiger partial charge in [0.05, 0.1) is 12.8 Å². The molecule has 0 saturated heterocycles. The maximum absolute atomic E-state index is 12.4. The molecule has 7 nitrogen and oxygen atoms in total. The molecule has 0 bridgehead atoms. The third-order valence-electron chi connectivity index (χ3n) is 4.51. The molecule has 0 aliphatic carbocycles. The topological polar surface area (TPSA) is 90.2 Å². The molecule has 3 aromatic rings. The van der Waals surface area contributed by atoms with E-state index in [1.54, 1.807) is 7.11 Å². The van der Waals surface area contributed by atoms with Crippen molar-refractivity contribution >= 4 is 17.3 Å². The number of aromatic nitrogens is 2. The van der Waals surface area contributed by atoms with E-state index in [0.29, 0.717) is 12.1 Å². The first kappa shape index (κ1) is 19.3. The van der Waals surface area contributed by atoms with Crippen molar-refractivity contribution in [3.8, 4) is 17.0 Å². The number of aromatic amines is 2. The molecule has 0 unspecified atom stereocenters. The molecule has 1 aromatic heterocycles. The summed E-state index contributed by atoms with van der Waals surface area (Å²) in [5.41, 5.74) is 3.33. The number of hydrogen-bond acceptors (Lipinski definition) is 4. The van der Waals surface area contributed by atoms with Gasteiger partial charge in [-0.3, -0.25) is 19.8 Å². The zero-order valence-corrected chi connectivity index (χ0v) is 16.2. The predicted molar refractivity (Wildman–Crippen MR) is 111 cm³/mol. The number of anilines is 2. The fraction of sp³-hybridized carbons (Fsp3) is 0.238. The number of carbonyl (C=O) groups is 1. The van der Waals surface area contributed by atoms with E-state index in [9.17, 15) is 9.59 Å². The molecular formula is C21H24N4O3. The highest BCUT2D eigenvalue weighted by Crippen LogP contribution is 2.25. The van der Waals surface area contributed by atoms with E-state index in [1.165, 1.54) is 0 Å². The summed E-state index contributed by atoms with van der Waals surface area (Å²) in [6.07, 6.45) is 0.848. The Morgan fingerprint density at radius 3 is 2.32 bits per heavy atom. The summed E-state index contributed by atoms with van der Waals surface area (Å²) in [5, 5.41) is 8.13. The summed E-state index contributed by atoms with van der Waals surface area (Å²) in [6, 6.07) is 15.3. The lowest BCUT2D eigenvalue weighted by molar-refractivity contribution is -0.116. The second-order valence-electron chi connectivity index (χ2n) is 6.67. The SMILES string of the molecule is COc1ccc(CCC(=O)Nc2c(-c3ccc(N(C)C)cc3)[nH][nH]c2=O)cc1. The number of aryl methyl sites for hydroxylation is 1. The lowest BCUT2D eigenvalue weighted by atomic mass is 10.1. The minimum atomic E-state index is -0.357. The Morgan fingerprint density at radius 2 is 1.71 bits per heavy atom. The molecule has 0 saturated carbocycles. The molecule has 3 N–H and O–H groups in total. The number of hydrogen-bond donors (Lipinski definition) is 3. The smallest absolute Gasteiger partial charge is 0.288 e. The van der Waals surface area contributed by atoms with Crippen LogP contribution in [0.1, 0.15) is 12.0 Å². The van der Waals surface area contributed by atoms with Crippen molar-refractivity contribution < 1.29 is 9.53 Å². The monoisotopic (exact) mass is 380 g/mol. The molecule has 146 valence electrons. The standard InChI is InChI=1S/C21H24N4O3/c1-25(2)16-9-7-15(8-10-16)19-20(21(27)24-23-19)22-18(26)13-6-14-4-11-17(28-3)12-5-14/h4-5,7-12H,6,13H2,1-3H3,(H,22,26)(H2,23,24,27). The fourth-order valence-corrected chi connectivity index (χ4v) is 2.87. The number of amides is 1. The molecule has 0 spiro atoms. The van der Waals surface area contributed by atoms with Crippen molar-refractivity contribution in [2.24, 2.45) is 0 Å². The van der Waals surface area contributed by atoms with Crippen LogP contribution in [-0.2, 0) is 11.2 Å². The van der Waals surface area contributed by atoms with Gasteiger partial charge in [-0.25, -0.2) is 0 Å². The summed E-state index contributed by atoms with van der Waals surface area (Å²) in [5.74, 6) is 0.559.